The normalized spacial score (nSPS) is 16.3. The number of benzene rings is 2. The molecule has 1 aliphatic heterocycles. The van der Waals surface area contributed by atoms with E-state index in [1.54, 1.807) is 24.3 Å². The highest BCUT2D eigenvalue weighted by Crippen LogP contribution is 2.24. The Hall–Kier alpha value is -2.66. The van der Waals surface area contributed by atoms with Gasteiger partial charge < -0.3 is 11.1 Å². The van der Waals surface area contributed by atoms with Gasteiger partial charge in [-0.15, -0.1) is 0 Å². The third-order valence-electron chi connectivity index (χ3n) is 5.98. The molecule has 1 fully saturated rings. The fraction of sp³-hybridized carbons (Fsp3) is 0.417. The third kappa shape index (κ3) is 5.91. The lowest BCUT2D eigenvalue weighted by molar-refractivity contribution is -0.121. The average molecular weight is 394 g/mol. The lowest BCUT2D eigenvalue weighted by atomic mass is 9.90. The van der Waals surface area contributed by atoms with Gasteiger partial charge in [-0.2, -0.15) is 0 Å². The van der Waals surface area contributed by atoms with E-state index >= 15 is 0 Å². The van der Waals surface area contributed by atoms with Crippen molar-refractivity contribution in [2.24, 2.45) is 11.7 Å². The Labute approximate surface area is 173 Å². The molecular weight excluding hydrogens is 362 g/mol. The Morgan fingerprint density at radius 1 is 1.07 bits per heavy atom. The quantitative estimate of drug-likeness (QED) is 0.752. The lowest BCUT2D eigenvalue weighted by Gasteiger charge is -2.35. The SMILES string of the molecule is Cc1ccc(CCC2CCN([C@H](C)C(=O)Nc3ccc(C(N)=O)cc3)CC2)cc1. The van der Waals surface area contributed by atoms with Gasteiger partial charge in [-0.05, 0) is 88.4 Å². The lowest BCUT2D eigenvalue weighted by Crippen LogP contribution is -2.46. The van der Waals surface area contributed by atoms with Crippen LogP contribution in [0.2, 0.25) is 0 Å². The average Bonchev–Trinajstić information content (AvgIpc) is 2.73. The molecule has 5 nitrogen and oxygen atoms in total. The van der Waals surface area contributed by atoms with Crippen LogP contribution in [0, 0.1) is 12.8 Å². The zero-order chi connectivity index (χ0) is 20.8. The Bertz CT molecular complexity index is 822. The van der Waals surface area contributed by atoms with Gasteiger partial charge in [0, 0.05) is 11.3 Å². The summed E-state index contributed by atoms with van der Waals surface area (Å²) >= 11 is 0. The summed E-state index contributed by atoms with van der Waals surface area (Å²) in [5.74, 6) is 0.237. The van der Waals surface area contributed by atoms with Gasteiger partial charge in [0.05, 0.1) is 6.04 Å². The second kappa shape index (κ2) is 9.70. The number of hydrogen-bond acceptors (Lipinski definition) is 3. The van der Waals surface area contributed by atoms with Crippen LogP contribution in [0.5, 0.6) is 0 Å². The summed E-state index contributed by atoms with van der Waals surface area (Å²) < 4.78 is 0. The topological polar surface area (TPSA) is 75.4 Å². The molecule has 154 valence electrons. The zero-order valence-corrected chi connectivity index (χ0v) is 17.4. The largest absolute Gasteiger partial charge is 0.366 e. The summed E-state index contributed by atoms with van der Waals surface area (Å²) in [7, 11) is 0. The van der Waals surface area contributed by atoms with Crippen molar-refractivity contribution in [3.63, 3.8) is 0 Å². The molecule has 0 radical (unpaired) electrons. The molecule has 1 aliphatic rings. The van der Waals surface area contributed by atoms with Gasteiger partial charge in [0.25, 0.3) is 0 Å². The number of nitrogens with zero attached hydrogens (tertiary/aromatic N) is 1. The number of carbonyl (C=O) groups is 2. The van der Waals surface area contributed by atoms with Crippen molar-refractivity contribution in [1.82, 2.24) is 4.90 Å². The minimum absolute atomic E-state index is 0.0186. The molecule has 1 atom stereocenters. The number of hydrogen-bond donors (Lipinski definition) is 2. The number of rotatable bonds is 7. The zero-order valence-electron chi connectivity index (χ0n) is 17.4. The van der Waals surface area contributed by atoms with E-state index in [1.807, 2.05) is 6.92 Å². The first-order valence-electron chi connectivity index (χ1n) is 10.4. The van der Waals surface area contributed by atoms with Crippen molar-refractivity contribution in [3.05, 3.63) is 65.2 Å². The van der Waals surface area contributed by atoms with Crippen LogP contribution in [0.3, 0.4) is 0 Å². The minimum Gasteiger partial charge on any atom is -0.366 e. The molecule has 1 saturated heterocycles. The highest BCUT2D eigenvalue weighted by molar-refractivity contribution is 5.96. The van der Waals surface area contributed by atoms with Crippen molar-refractivity contribution in [1.29, 1.82) is 0 Å². The molecule has 0 unspecified atom stereocenters. The molecule has 2 aromatic carbocycles. The van der Waals surface area contributed by atoms with Crippen molar-refractivity contribution < 1.29 is 9.59 Å². The number of aryl methyl sites for hydroxylation is 2. The van der Waals surface area contributed by atoms with Crippen LogP contribution < -0.4 is 11.1 Å². The predicted molar refractivity (Wildman–Crippen MR) is 117 cm³/mol. The number of carbonyl (C=O) groups excluding carboxylic acids is 2. The monoisotopic (exact) mass is 393 g/mol. The highest BCUT2D eigenvalue weighted by Gasteiger charge is 2.26. The maximum absolute atomic E-state index is 12.6. The summed E-state index contributed by atoms with van der Waals surface area (Å²) in [5, 5.41) is 2.93. The summed E-state index contributed by atoms with van der Waals surface area (Å²) in [6, 6.07) is 15.3. The van der Waals surface area contributed by atoms with E-state index in [2.05, 4.69) is 41.4 Å². The number of likely N-dealkylation sites (tertiary alicyclic amines) is 1. The molecular formula is C24H31N3O2. The van der Waals surface area contributed by atoms with Crippen LogP contribution >= 0.6 is 0 Å². The van der Waals surface area contributed by atoms with Gasteiger partial charge >= 0.3 is 0 Å². The standard InChI is InChI=1S/C24H31N3O2/c1-17-3-5-19(6-4-17)7-8-20-13-15-27(16-14-20)18(2)24(29)26-22-11-9-21(10-12-22)23(25)28/h3-6,9-12,18,20H,7-8,13-16H2,1-2H3,(H2,25,28)(H,26,29)/t18-/m1/s1. The van der Waals surface area contributed by atoms with E-state index in [1.165, 1.54) is 17.5 Å². The first-order chi connectivity index (χ1) is 13.9. The Balaban J connectivity index is 1.43. The van der Waals surface area contributed by atoms with Crippen LogP contribution in [0.15, 0.2) is 48.5 Å². The fourth-order valence-electron chi connectivity index (χ4n) is 3.88. The van der Waals surface area contributed by atoms with E-state index in [9.17, 15) is 9.59 Å². The number of anilines is 1. The van der Waals surface area contributed by atoms with Crippen molar-refractivity contribution >= 4 is 17.5 Å². The van der Waals surface area contributed by atoms with Crippen LogP contribution in [-0.4, -0.2) is 35.8 Å². The van der Waals surface area contributed by atoms with Gasteiger partial charge in [0.15, 0.2) is 0 Å². The van der Waals surface area contributed by atoms with Crippen LogP contribution in [0.1, 0.15) is 47.7 Å². The van der Waals surface area contributed by atoms with E-state index in [0.29, 0.717) is 11.3 Å². The Morgan fingerprint density at radius 3 is 2.28 bits per heavy atom. The van der Waals surface area contributed by atoms with Gasteiger partial charge in [-0.1, -0.05) is 29.8 Å². The first kappa shape index (κ1) is 21.1. The molecule has 0 spiro atoms. The maximum Gasteiger partial charge on any atom is 0.248 e. The molecule has 0 aromatic heterocycles. The van der Waals surface area contributed by atoms with E-state index in [0.717, 1.165) is 38.3 Å². The minimum atomic E-state index is -0.471. The molecule has 5 heteroatoms. The summed E-state index contributed by atoms with van der Waals surface area (Å²) in [6.45, 7) is 5.98. The summed E-state index contributed by atoms with van der Waals surface area (Å²) in [6.07, 6.45) is 4.61. The second-order valence-electron chi connectivity index (χ2n) is 8.11. The van der Waals surface area contributed by atoms with Gasteiger partial charge in [0.2, 0.25) is 11.8 Å². The molecule has 0 bridgehead atoms. The smallest absolute Gasteiger partial charge is 0.248 e. The number of amides is 2. The van der Waals surface area contributed by atoms with Gasteiger partial charge in [0.1, 0.15) is 0 Å². The van der Waals surface area contributed by atoms with E-state index in [4.69, 9.17) is 5.73 Å². The maximum atomic E-state index is 12.6. The van der Waals surface area contributed by atoms with Crippen molar-refractivity contribution in [3.8, 4) is 0 Å². The molecule has 3 rings (SSSR count). The number of primary amides is 1. The number of piperidine rings is 1. The van der Waals surface area contributed by atoms with Crippen molar-refractivity contribution in [2.45, 2.75) is 45.6 Å². The van der Waals surface area contributed by atoms with Crippen LogP contribution in [-0.2, 0) is 11.2 Å². The summed E-state index contributed by atoms with van der Waals surface area (Å²) in [4.78, 5) is 26.0. The predicted octanol–water partition coefficient (Wildman–Crippen LogP) is 3.77. The molecule has 0 aliphatic carbocycles. The Morgan fingerprint density at radius 2 is 1.69 bits per heavy atom. The Kier molecular flexibility index (Phi) is 7.04. The van der Waals surface area contributed by atoms with Crippen LogP contribution in [0.4, 0.5) is 5.69 Å². The number of nitrogens with one attached hydrogen (secondary N) is 1. The molecule has 2 aromatic rings. The van der Waals surface area contributed by atoms with Gasteiger partial charge in [-0.25, -0.2) is 0 Å². The van der Waals surface area contributed by atoms with E-state index in [-0.39, 0.29) is 11.9 Å². The molecule has 3 N–H and O–H groups in total. The number of nitrogens with two attached hydrogens (primary N) is 1. The van der Waals surface area contributed by atoms with Crippen LogP contribution in [0.25, 0.3) is 0 Å². The molecule has 1 heterocycles. The molecule has 0 saturated carbocycles. The first-order valence-corrected chi connectivity index (χ1v) is 10.4. The molecule has 2 amide bonds. The summed E-state index contributed by atoms with van der Waals surface area (Å²) in [5.41, 5.74) is 9.08. The fourth-order valence-corrected chi connectivity index (χ4v) is 3.88. The van der Waals surface area contributed by atoms with E-state index < -0.39 is 5.91 Å². The highest BCUT2D eigenvalue weighted by atomic mass is 16.2. The van der Waals surface area contributed by atoms with Gasteiger partial charge in [-0.3, -0.25) is 14.5 Å². The third-order valence-corrected chi connectivity index (χ3v) is 5.98. The molecule has 29 heavy (non-hydrogen) atoms. The van der Waals surface area contributed by atoms with Crippen molar-refractivity contribution in [2.75, 3.05) is 18.4 Å². The second-order valence-corrected chi connectivity index (χ2v) is 8.11.